The van der Waals surface area contributed by atoms with E-state index < -0.39 is 0 Å². The molecule has 3 N–H and O–H groups in total. The van der Waals surface area contributed by atoms with Crippen molar-refractivity contribution in [2.24, 2.45) is 0 Å². The van der Waals surface area contributed by atoms with E-state index in [4.69, 9.17) is 0 Å². The Hall–Kier alpha value is -1.55. The summed E-state index contributed by atoms with van der Waals surface area (Å²) in [5.74, 6) is 0. The normalized spacial score (nSPS) is 10.2. The monoisotopic (exact) mass is 221 g/mol. The first-order valence-corrected chi connectivity index (χ1v) is 5.43. The van der Waals surface area contributed by atoms with Gasteiger partial charge in [-0.2, -0.15) is 0 Å². The molecule has 0 aliphatic heterocycles. The molecule has 0 bridgehead atoms. The molecular formula is C12H19N3O. The van der Waals surface area contributed by atoms with E-state index in [1.807, 2.05) is 45.2 Å². The second kappa shape index (κ2) is 6.12. The fourth-order valence-electron chi connectivity index (χ4n) is 1.39. The molecule has 1 aromatic carbocycles. The Balaban J connectivity index is 2.59. The Kier molecular flexibility index (Phi) is 4.79. The molecule has 0 heterocycles. The molecule has 2 amide bonds. The zero-order chi connectivity index (χ0) is 12.0. The van der Waals surface area contributed by atoms with Gasteiger partial charge in [0, 0.05) is 18.3 Å². The summed E-state index contributed by atoms with van der Waals surface area (Å²) in [5.41, 5.74) is 1.95. The minimum Gasteiger partial charge on any atom is -0.336 e. The summed E-state index contributed by atoms with van der Waals surface area (Å²) < 4.78 is 0. The molecule has 1 aromatic rings. The predicted octanol–water partition coefficient (Wildman–Crippen LogP) is 1.94. The van der Waals surface area contributed by atoms with Crippen LogP contribution in [0.1, 0.15) is 19.4 Å². The number of rotatable bonds is 4. The number of amides is 2. The fourth-order valence-corrected chi connectivity index (χ4v) is 1.39. The average molecular weight is 221 g/mol. The lowest BCUT2D eigenvalue weighted by atomic mass is 10.2. The average Bonchev–Trinajstić information content (AvgIpc) is 2.17. The first-order chi connectivity index (χ1) is 7.61. The van der Waals surface area contributed by atoms with Gasteiger partial charge in [0.15, 0.2) is 0 Å². The van der Waals surface area contributed by atoms with Crippen molar-refractivity contribution in [3.8, 4) is 0 Å². The van der Waals surface area contributed by atoms with E-state index in [1.54, 1.807) is 0 Å². The summed E-state index contributed by atoms with van der Waals surface area (Å²) in [7, 11) is 1.89. The highest BCUT2D eigenvalue weighted by Crippen LogP contribution is 2.10. The maximum absolute atomic E-state index is 11.5. The van der Waals surface area contributed by atoms with Crippen molar-refractivity contribution in [3.63, 3.8) is 0 Å². The largest absolute Gasteiger partial charge is 0.336 e. The Morgan fingerprint density at radius 3 is 2.75 bits per heavy atom. The standard InChI is InChI=1S/C12H19N3O/c1-9(2)14-12(16)15-11-6-4-5-10(7-11)8-13-3/h4-7,9,13H,8H2,1-3H3,(H2,14,15,16). The van der Waals surface area contributed by atoms with Gasteiger partial charge in [0.25, 0.3) is 0 Å². The molecule has 0 spiro atoms. The maximum Gasteiger partial charge on any atom is 0.319 e. The van der Waals surface area contributed by atoms with Gasteiger partial charge in [-0.3, -0.25) is 0 Å². The van der Waals surface area contributed by atoms with Crippen LogP contribution in [0.15, 0.2) is 24.3 Å². The van der Waals surface area contributed by atoms with Gasteiger partial charge >= 0.3 is 6.03 Å². The van der Waals surface area contributed by atoms with Crippen LogP contribution in [-0.2, 0) is 6.54 Å². The lowest BCUT2D eigenvalue weighted by Gasteiger charge is -2.10. The van der Waals surface area contributed by atoms with Crippen LogP contribution in [0.4, 0.5) is 10.5 Å². The number of carbonyl (C=O) groups excluding carboxylic acids is 1. The molecule has 1 rings (SSSR count). The van der Waals surface area contributed by atoms with Gasteiger partial charge < -0.3 is 16.0 Å². The summed E-state index contributed by atoms with van der Waals surface area (Å²) in [4.78, 5) is 11.5. The van der Waals surface area contributed by atoms with E-state index in [2.05, 4.69) is 16.0 Å². The minimum absolute atomic E-state index is 0.139. The topological polar surface area (TPSA) is 53.2 Å². The van der Waals surface area contributed by atoms with E-state index in [0.717, 1.165) is 17.8 Å². The van der Waals surface area contributed by atoms with Gasteiger partial charge in [-0.1, -0.05) is 12.1 Å². The summed E-state index contributed by atoms with van der Waals surface area (Å²) >= 11 is 0. The second-order valence-electron chi connectivity index (χ2n) is 3.98. The molecule has 0 saturated carbocycles. The van der Waals surface area contributed by atoms with Gasteiger partial charge in [0.1, 0.15) is 0 Å². The second-order valence-corrected chi connectivity index (χ2v) is 3.98. The molecule has 0 aliphatic rings. The first kappa shape index (κ1) is 12.5. The summed E-state index contributed by atoms with van der Waals surface area (Å²) in [6.45, 7) is 4.65. The van der Waals surface area contributed by atoms with Crippen molar-refractivity contribution in [1.29, 1.82) is 0 Å². The molecule has 88 valence electrons. The maximum atomic E-state index is 11.5. The van der Waals surface area contributed by atoms with Gasteiger partial charge in [0.05, 0.1) is 0 Å². The van der Waals surface area contributed by atoms with Crippen molar-refractivity contribution in [1.82, 2.24) is 10.6 Å². The molecule has 0 saturated heterocycles. The third kappa shape index (κ3) is 4.31. The van der Waals surface area contributed by atoms with Gasteiger partial charge in [-0.15, -0.1) is 0 Å². The van der Waals surface area contributed by atoms with Crippen molar-refractivity contribution in [2.45, 2.75) is 26.4 Å². The zero-order valence-electron chi connectivity index (χ0n) is 10.0. The van der Waals surface area contributed by atoms with Crippen LogP contribution in [0.3, 0.4) is 0 Å². The number of hydrogen-bond donors (Lipinski definition) is 3. The number of benzene rings is 1. The zero-order valence-corrected chi connectivity index (χ0v) is 10.0. The van der Waals surface area contributed by atoms with Crippen molar-refractivity contribution < 1.29 is 4.79 Å². The number of urea groups is 1. The van der Waals surface area contributed by atoms with Crippen LogP contribution in [0.5, 0.6) is 0 Å². The Morgan fingerprint density at radius 1 is 1.38 bits per heavy atom. The van der Waals surface area contributed by atoms with Crippen LogP contribution in [0, 0.1) is 0 Å². The van der Waals surface area contributed by atoms with E-state index in [9.17, 15) is 4.79 Å². The predicted molar refractivity (Wildman–Crippen MR) is 66.5 cm³/mol. The van der Waals surface area contributed by atoms with Crippen LogP contribution >= 0.6 is 0 Å². The Labute approximate surface area is 96.4 Å². The molecular weight excluding hydrogens is 202 g/mol. The molecule has 0 radical (unpaired) electrons. The minimum atomic E-state index is -0.170. The van der Waals surface area contributed by atoms with E-state index >= 15 is 0 Å². The third-order valence-corrected chi connectivity index (χ3v) is 1.99. The number of carbonyl (C=O) groups is 1. The highest BCUT2D eigenvalue weighted by molar-refractivity contribution is 5.89. The third-order valence-electron chi connectivity index (χ3n) is 1.99. The lowest BCUT2D eigenvalue weighted by Crippen LogP contribution is -2.34. The van der Waals surface area contributed by atoms with Crippen LogP contribution in [0.2, 0.25) is 0 Å². The number of nitrogens with one attached hydrogen (secondary N) is 3. The molecule has 0 aliphatic carbocycles. The van der Waals surface area contributed by atoms with Crippen molar-refractivity contribution >= 4 is 11.7 Å². The quantitative estimate of drug-likeness (QED) is 0.727. The Bertz CT molecular complexity index is 350. The molecule has 0 aromatic heterocycles. The fraction of sp³-hybridized carbons (Fsp3) is 0.417. The van der Waals surface area contributed by atoms with Gasteiger partial charge in [-0.25, -0.2) is 4.79 Å². The molecule has 0 atom stereocenters. The van der Waals surface area contributed by atoms with Crippen molar-refractivity contribution in [2.75, 3.05) is 12.4 Å². The molecule has 16 heavy (non-hydrogen) atoms. The van der Waals surface area contributed by atoms with Gasteiger partial charge in [0.2, 0.25) is 0 Å². The van der Waals surface area contributed by atoms with E-state index in [-0.39, 0.29) is 12.1 Å². The number of anilines is 1. The van der Waals surface area contributed by atoms with Crippen molar-refractivity contribution in [3.05, 3.63) is 29.8 Å². The summed E-state index contributed by atoms with van der Waals surface area (Å²) in [5, 5.41) is 8.64. The molecule has 4 heteroatoms. The van der Waals surface area contributed by atoms with E-state index in [0.29, 0.717) is 0 Å². The summed E-state index contributed by atoms with van der Waals surface area (Å²) in [6.07, 6.45) is 0. The lowest BCUT2D eigenvalue weighted by molar-refractivity contribution is 0.250. The van der Waals surface area contributed by atoms with E-state index in [1.165, 1.54) is 0 Å². The highest BCUT2D eigenvalue weighted by atomic mass is 16.2. The molecule has 4 nitrogen and oxygen atoms in total. The van der Waals surface area contributed by atoms with Gasteiger partial charge in [-0.05, 0) is 38.6 Å². The highest BCUT2D eigenvalue weighted by Gasteiger charge is 2.03. The van der Waals surface area contributed by atoms with Crippen LogP contribution in [0.25, 0.3) is 0 Å². The van der Waals surface area contributed by atoms with Crippen LogP contribution in [-0.4, -0.2) is 19.1 Å². The Morgan fingerprint density at radius 2 is 2.12 bits per heavy atom. The number of hydrogen-bond acceptors (Lipinski definition) is 2. The summed E-state index contributed by atoms with van der Waals surface area (Å²) in [6, 6.07) is 7.74. The SMILES string of the molecule is CNCc1cccc(NC(=O)NC(C)C)c1. The first-order valence-electron chi connectivity index (χ1n) is 5.43. The van der Waals surface area contributed by atoms with Crippen LogP contribution < -0.4 is 16.0 Å². The molecule has 0 unspecified atom stereocenters. The molecule has 0 fully saturated rings. The smallest absolute Gasteiger partial charge is 0.319 e.